The quantitative estimate of drug-likeness (QED) is 0.919. The Balaban J connectivity index is 2.98. The number of halogens is 3. The normalized spacial score (nSPS) is 14.1. The van der Waals surface area contributed by atoms with Crippen LogP contribution in [-0.2, 0) is 17.5 Å². The Morgan fingerprint density at radius 1 is 1.48 bits per heavy atom. The average Bonchev–Trinajstić information content (AvgIpc) is 2.39. The summed E-state index contributed by atoms with van der Waals surface area (Å²) in [6.45, 7) is 2.58. The van der Waals surface area contributed by atoms with E-state index in [1.807, 2.05) is 6.07 Å². The number of hydrogen-bond donors (Lipinski definition) is 1. The van der Waals surface area contributed by atoms with Crippen molar-refractivity contribution in [1.82, 2.24) is 9.88 Å². The van der Waals surface area contributed by atoms with E-state index >= 15 is 0 Å². The molecule has 0 bridgehead atoms. The number of alkyl halides is 3. The van der Waals surface area contributed by atoms with Crippen LogP contribution in [0, 0.1) is 11.3 Å². The molecule has 0 saturated carbocycles. The van der Waals surface area contributed by atoms with E-state index in [2.05, 4.69) is 5.32 Å². The Morgan fingerprint density at radius 2 is 2.10 bits per heavy atom. The molecule has 1 rings (SSSR count). The van der Waals surface area contributed by atoms with Crippen molar-refractivity contribution >= 4 is 5.91 Å². The predicted octanol–water partition coefficient (Wildman–Crippen LogP) is 1.68. The van der Waals surface area contributed by atoms with Gasteiger partial charge in [-0.2, -0.15) is 18.4 Å². The van der Waals surface area contributed by atoms with Crippen molar-refractivity contribution in [3.05, 3.63) is 34.2 Å². The number of amides is 1. The first-order valence-corrected chi connectivity index (χ1v) is 6.12. The zero-order valence-electron chi connectivity index (χ0n) is 11.5. The second-order valence-electron chi connectivity index (χ2n) is 4.70. The molecule has 5 nitrogen and oxygen atoms in total. The number of pyridine rings is 1. The molecule has 0 spiro atoms. The highest BCUT2D eigenvalue weighted by Crippen LogP contribution is 2.25. The van der Waals surface area contributed by atoms with Crippen molar-refractivity contribution in [2.24, 2.45) is 0 Å². The number of nitriles is 1. The molecule has 8 heteroatoms. The minimum Gasteiger partial charge on any atom is -0.337 e. The fourth-order valence-corrected chi connectivity index (χ4v) is 1.57. The molecule has 0 aliphatic heterocycles. The summed E-state index contributed by atoms with van der Waals surface area (Å²) in [5, 5.41) is 11.3. The Morgan fingerprint density at radius 3 is 2.57 bits per heavy atom. The maximum absolute atomic E-state index is 12.6. The van der Waals surface area contributed by atoms with Gasteiger partial charge in [-0.1, -0.05) is 6.92 Å². The fraction of sp³-hybridized carbons (Fsp3) is 0.462. The SMILES string of the molecule is CCC(C)(C#N)NC(=O)Cn1cccc(C(F)(F)F)c1=O. The Bertz CT molecular complexity index is 631. The monoisotopic (exact) mass is 301 g/mol. The molecule has 0 fully saturated rings. The molecule has 0 radical (unpaired) electrons. The van der Waals surface area contributed by atoms with Crippen LogP contribution in [0.5, 0.6) is 0 Å². The molecule has 1 N–H and O–H groups in total. The van der Waals surface area contributed by atoms with Gasteiger partial charge in [0.15, 0.2) is 0 Å². The first-order valence-electron chi connectivity index (χ1n) is 6.12. The summed E-state index contributed by atoms with van der Waals surface area (Å²) in [6.07, 6.45) is -3.36. The van der Waals surface area contributed by atoms with E-state index in [1.54, 1.807) is 6.92 Å². The maximum Gasteiger partial charge on any atom is 0.421 e. The number of nitrogens with zero attached hydrogens (tertiary/aromatic N) is 2. The van der Waals surface area contributed by atoms with Crippen molar-refractivity contribution in [1.29, 1.82) is 5.26 Å². The molecule has 1 heterocycles. The molecule has 1 amide bonds. The van der Waals surface area contributed by atoms with Crippen LogP contribution in [0.15, 0.2) is 23.1 Å². The first kappa shape index (κ1) is 16.8. The highest BCUT2D eigenvalue weighted by Gasteiger charge is 2.34. The van der Waals surface area contributed by atoms with Gasteiger partial charge in [0.05, 0.1) is 6.07 Å². The molecule has 1 atom stereocenters. The standard InChI is InChI=1S/C13H14F3N3O2/c1-3-12(2,8-17)18-10(20)7-19-6-4-5-9(11(19)21)13(14,15)16/h4-6H,3,7H2,1-2H3,(H,18,20). The van der Waals surface area contributed by atoms with Crippen LogP contribution in [0.1, 0.15) is 25.8 Å². The molecule has 0 aromatic carbocycles. The summed E-state index contributed by atoms with van der Waals surface area (Å²) in [4.78, 5) is 23.4. The highest BCUT2D eigenvalue weighted by atomic mass is 19.4. The van der Waals surface area contributed by atoms with E-state index in [4.69, 9.17) is 5.26 Å². The zero-order valence-corrected chi connectivity index (χ0v) is 11.5. The number of hydrogen-bond acceptors (Lipinski definition) is 3. The number of carbonyl (C=O) groups excluding carboxylic acids is 1. The molecular formula is C13H14F3N3O2. The number of rotatable bonds is 4. The molecule has 1 unspecified atom stereocenters. The summed E-state index contributed by atoms with van der Waals surface area (Å²) in [5.74, 6) is -0.706. The summed E-state index contributed by atoms with van der Waals surface area (Å²) in [6, 6.07) is 3.59. The van der Waals surface area contributed by atoms with Crippen LogP contribution >= 0.6 is 0 Å². The first-order chi connectivity index (χ1) is 9.63. The minimum atomic E-state index is -4.78. The second kappa shape index (κ2) is 5.99. The van der Waals surface area contributed by atoms with Crippen LogP contribution in [0.25, 0.3) is 0 Å². The second-order valence-corrected chi connectivity index (χ2v) is 4.70. The third kappa shape index (κ3) is 4.08. The highest BCUT2D eigenvalue weighted by molar-refractivity contribution is 5.77. The molecule has 0 aliphatic rings. The third-order valence-corrected chi connectivity index (χ3v) is 3.01. The Labute approximate surface area is 119 Å². The van der Waals surface area contributed by atoms with E-state index in [0.29, 0.717) is 17.1 Å². The Kier molecular flexibility index (Phi) is 4.78. The van der Waals surface area contributed by atoms with Crippen molar-refractivity contribution in [2.75, 3.05) is 0 Å². The lowest BCUT2D eigenvalue weighted by molar-refractivity contribution is -0.139. The van der Waals surface area contributed by atoms with E-state index in [-0.39, 0.29) is 0 Å². The largest absolute Gasteiger partial charge is 0.421 e. The van der Waals surface area contributed by atoms with Gasteiger partial charge in [-0.3, -0.25) is 9.59 Å². The van der Waals surface area contributed by atoms with Crippen molar-refractivity contribution < 1.29 is 18.0 Å². The van der Waals surface area contributed by atoms with Crippen LogP contribution in [0.3, 0.4) is 0 Å². The van der Waals surface area contributed by atoms with Gasteiger partial charge < -0.3 is 9.88 Å². The van der Waals surface area contributed by atoms with E-state index in [0.717, 1.165) is 12.3 Å². The van der Waals surface area contributed by atoms with Gasteiger partial charge >= 0.3 is 6.18 Å². The van der Waals surface area contributed by atoms with E-state index in [9.17, 15) is 22.8 Å². The van der Waals surface area contributed by atoms with Gasteiger partial charge in [0.25, 0.3) is 5.56 Å². The van der Waals surface area contributed by atoms with Gasteiger partial charge in [0, 0.05) is 6.20 Å². The molecule has 21 heavy (non-hydrogen) atoms. The topological polar surface area (TPSA) is 74.9 Å². The smallest absolute Gasteiger partial charge is 0.337 e. The van der Waals surface area contributed by atoms with Gasteiger partial charge in [-0.15, -0.1) is 0 Å². The number of carbonyl (C=O) groups is 1. The average molecular weight is 301 g/mol. The lowest BCUT2D eigenvalue weighted by Gasteiger charge is -2.21. The number of aromatic nitrogens is 1. The van der Waals surface area contributed by atoms with Gasteiger partial charge in [0.2, 0.25) is 5.91 Å². The number of nitrogens with one attached hydrogen (secondary N) is 1. The molecular weight excluding hydrogens is 287 g/mol. The lowest BCUT2D eigenvalue weighted by atomic mass is 10.0. The molecule has 0 saturated heterocycles. The van der Waals surface area contributed by atoms with E-state index < -0.39 is 35.3 Å². The lowest BCUT2D eigenvalue weighted by Crippen LogP contribution is -2.46. The molecule has 114 valence electrons. The Hall–Kier alpha value is -2.30. The van der Waals surface area contributed by atoms with Crippen LogP contribution < -0.4 is 10.9 Å². The van der Waals surface area contributed by atoms with Gasteiger partial charge in [-0.25, -0.2) is 0 Å². The van der Waals surface area contributed by atoms with Gasteiger partial charge in [0.1, 0.15) is 17.6 Å². The summed E-state index contributed by atoms with van der Waals surface area (Å²) in [5.41, 5.74) is -3.76. The zero-order chi connectivity index (χ0) is 16.3. The summed E-state index contributed by atoms with van der Waals surface area (Å²) in [7, 11) is 0. The van der Waals surface area contributed by atoms with Crippen molar-refractivity contribution in [3.63, 3.8) is 0 Å². The maximum atomic E-state index is 12.6. The van der Waals surface area contributed by atoms with Gasteiger partial charge in [-0.05, 0) is 25.5 Å². The van der Waals surface area contributed by atoms with Crippen molar-refractivity contribution in [3.8, 4) is 6.07 Å². The van der Waals surface area contributed by atoms with Crippen LogP contribution in [-0.4, -0.2) is 16.0 Å². The van der Waals surface area contributed by atoms with Crippen LogP contribution in [0.4, 0.5) is 13.2 Å². The minimum absolute atomic E-state index is 0.326. The predicted molar refractivity (Wildman–Crippen MR) is 68.2 cm³/mol. The fourth-order valence-electron chi connectivity index (χ4n) is 1.57. The van der Waals surface area contributed by atoms with Crippen LogP contribution in [0.2, 0.25) is 0 Å². The third-order valence-electron chi connectivity index (χ3n) is 3.01. The summed E-state index contributed by atoms with van der Waals surface area (Å²) >= 11 is 0. The summed E-state index contributed by atoms with van der Waals surface area (Å²) < 4.78 is 38.4. The molecule has 1 aromatic rings. The molecule has 0 aliphatic carbocycles. The van der Waals surface area contributed by atoms with E-state index in [1.165, 1.54) is 6.92 Å². The van der Waals surface area contributed by atoms with Crippen molar-refractivity contribution in [2.45, 2.75) is 38.5 Å². The molecule has 1 aromatic heterocycles.